The Kier molecular flexibility index (Phi) is 11.7. The van der Waals surface area contributed by atoms with Crippen molar-refractivity contribution in [2.75, 3.05) is 31.9 Å². The first-order valence-corrected chi connectivity index (χ1v) is 31.7. The number of carbonyl (C=O) groups is 3. The average Bonchev–Trinajstić information content (AvgIpc) is 1.15. The van der Waals surface area contributed by atoms with E-state index in [4.69, 9.17) is 53.5 Å². The zero-order valence-electron chi connectivity index (χ0n) is 96.7. The number of aromatic nitrogens is 13. The standard InChI is InChI=1S/2C29H26N6O.C28H25N7O/c2*1-19-9-12-35(18-19)25-14-20(2)13-24(16-25)32-28(36)22-7-6-21(3)27(15-22)34-29-31-11-8-26(33-29)23-5-4-10-30-17-23;1-18-11-23(14-24(12-18)35-16-20(3)31-17-35)32-27(36)21-7-6-19(2)26(13-21)34-28-30-10-8-25(33-28)22-5-4-9-29-15-22/h2*4-18H,1-3H3,(H,32,36)(H,31,33,34);4-17H,1-3H3,(H,32,36)(H,30,33,34)/i3D3,4D,5D,6D,7D,10D,12D,13D,14D,15D,16D,17D,18D;4D,5D,6D,7D,10D,12D,13D,14D,15D,16D,17D,18D;4D,5D,6D,7D,9D,11D,12D,13D,14D,15D,16D,17D. The van der Waals surface area contributed by atoms with Crippen LogP contribution < -0.4 is 31.9 Å². The molecule has 6 aromatic carbocycles. The molecule has 0 bridgehead atoms. The molecule has 0 saturated heterocycles. The van der Waals surface area contributed by atoms with E-state index in [1.807, 2.05) is 0 Å². The van der Waals surface area contributed by atoms with Crippen LogP contribution in [0.4, 0.5) is 52.0 Å². The van der Waals surface area contributed by atoms with Gasteiger partial charge in [-0.15, -0.1) is 0 Å². The predicted octanol–water partition coefficient (Wildman–Crippen LogP) is 18.1. The Balaban J connectivity index is 0.000000184. The molecule has 6 N–H and O–H groups in total. The summed E-state index contributed by atoms with van der Waals surface area (Å²) < 4.78 is 328. The molecule has 9 heterocycles. The highest BCUT2D eigenvalue weighted by molar-refractivity contribution is 6.07. The maximum atomic E-state index is 13.8. The van der Waals surface area contributed by atoms with Gasteiger partial charge in [0.05, 0.1) is 77.1 Å². The number of nitrogens with zero attached hydrogens (tertiary/aromatic N) is 13. The first kappa shape index (κ1) is 38.4. The van der Waals surface area contributed by atoms with E-state index >= 15 is 0 Å². The molecule has 534 valence electrons. The predicted molar refractivity (Wildman–Crippen MR) is 427 cm³/mol. The van der Waals surface area contributed by atoms with E-state index in [9.17, 15) is 14.4 Å². The van der Waals surface area contributed by atoms with Crippen LogP contribution in [0.2, 0.25) is 0 Å². The van der Waals surface area contributed by atoms with Gasteiger partial charge in [0.2, 0.25) is 17.8 Å². The molecule has 0 unspecified atom stereocenters. The van der Waals surface area contributed by atoms with Gasteiger partial charge >= 0.3 is 0 Å². The number of benzene rings is 6. The second-order valence-electron chi connectivity index (χ2n) is 22.6. The molecule has 0 radical (unpaired) electrons. The number of pyridine rings is 3. The second-order valence-corrected chi connectivity index (χ2v) is 22.6. The van der Waals surface area contributed by atoms with Crippen molar-refractivity contribution in [1.29, 1.82) is 0 Å². The van der Waals surface area contributed by atoms with Crippen molar-refractivity contribution < 1.29 is 67.8 Å². The van der Waals surface area contributed by atoms with Crippen LogP contribution in [0.15, 0.2) is 268 Å². The van der Waals surface area contributed by atoms with E-state index in [1.54, 1.807) is 13.8 Å². The molecular weight excluding hydrogens is 1350 g/mol. The van der Waals surface area contributed by atoms with E-state index in [2.05, 4.69) is 81.7 Å². The van der Waals surface area contributed by atoms with Crippen LogP contribution in [-0.2, 0) is 0 Å². The molecule has 108 heavy (non-hydrogen) atoms. The number of carbonyl (C=O) groups excluding carboxylic acids is 3. The Morgan fingerprint density at radius 2 is 0.741 bits per heavy atom. The van der Waals surface area contributed by atoms with Crippen LogP contribution >= 0.6 is 0 Å². The fraction of sp³-hybridized carbons (Fsp3) is 0.105. The summed E-state index contributed by atoms with van der Waals surface area (Å²) in [7, 11) is 0. The van der Waals surface area contributed by atoms with Crippen molar-refractivity contribution in [2.45, 2.75) is 62.2 Å². The molecule has 22 nitrogen and oxygen atoms in total. The summed E-state index contributed by atoms with van der Waals surface area (Å²) in [6, 6.07) is -6.41. The maximum absolute atomic E-state index is 13.8. The summed E-state index contributed by atoms with van der Waals surface area (Å²) in [5.74, 6) is -4.31. The maximum Gasteiger partial charge on any atom is 0.255 e. The Morgan fingerprint density at radius 1 is 0.380 bits per heavy atom. The molecule has 0 spiro atoms. The third kappa shape index (κ3) is 18.5. The van der Waals surface area contributed by atoms with Crippen molar-refractivity contribution in [3.63, 3.8) is 0 Å². The van der Waals surface area contributed by atoms with Crippen LogP contribution in [-0.4, -0.2) is 81.3 Å². The summed E-state index contributed by atoms with van der Waals surface area (Å²) in [6.07, 6.45) is -0.959. The summed E-state index contributed by atoms with van der Waals surface area (Å²) in [5, 5.41) is 15.1. The first-order valence-electron chi connectivity index (χ1n) is 51.2. The van der Waals surface area contributed by atoms with Crippen molar-refractivity contribution in [3.05, 3.63) is 335 Å². The van der Waals surface area contributed by atoms with Crippen molar-refractivity contribution in [1.82, 2.24) is 63.5 Å². The van der Waals surface area contributed by atoms with E-state index in [0.717, 1.165) is 19.9 Å². The highest BCUT2D eigenvalue weighted by Crippen LogP contribution is 2.30. The normalized spacial score (nSPS) is 15.9. The van der Waals surface area contributed by atoms with Gasteiger partial charge in [0.25, 0.3) is 17.7 Å². The first-order chi connectivity index (χ1) is 68.6. The summed E-state index contributed by atoms with van der Waals surface area (Å²) in [5.41, 5.74) is -5.40. The highest BCUT2D eigenvalue weighted by atomic mass is 16.2. The number of amides is 3. The third-order valence-corrected chi connectivity index (χ3v) is 14.3. The minimum Gasteiger partial charge on any atom is -0.324 e. The summed E-state index contributed by atoms with van der Waals surface area (Å²) >= 11 is 0. The van der Waals surface area contributed by atoms with Gasteiger partial charge in [-0.2, -0.15) is 0 Å². The van der Waals surface area contributed by atoms with Gasteiger partial charge in [0.1, 0.15) is 1.37 Å². The largest absolute Gasteiger partial charge is 0.324 e. The Bertz CT molecular complexity index is 7830. The fourth-order valence-electron chi connectivity index (χ4n) is 9.36. The molecule has 0 fully saturated rings. The minimum atomic E-state index is -3.12. The smallest absolute Gasteiger partial charge is 0.255 e. The summed E-state index contributed by atoms with van der Waals surface area (Å²) in [4.78, 5) is 80.9. The van der Waals surface area contributed by atoms with E-state index < -0.39 is 240 Å². The average molecular weight is 1460 g/mol. The summed E-state index contributed by atoms with van der Waals surface area (Å²) in [6.45, 7) is 8.53. The number of aryl methyl sites for hydroxylation is 3. The molecule has 22 heteroatoms. The monoisotopic (exact) mass is 1460 g/mol. The zero-order valence-corrected chi connectivity index (χ0v) is 57.7. The molecule has 0 aliphatic rings. The van der Waals surface area contributed by atoms with Gasteiger partial charge in [0.15, 0.2) is 0 Å². The lowest BCUT2D eigenvalue weighted by Gasteiger charge is -2.13. The second kappa shape index (κ2) is 32.9. The molecule has 0 atom stereocenters. The number of anilines is 9. The lowest BCUT2D eigenvalue weighted by Crippen LogP contribution is -2.13. The Morgan fingerprint density at radius 3 is 1.08 bits per heavy atom. The quantitative estimate of drug-likeness (QED) is 0.0466. The number of imidazole rings is 1. The third-order valence-electron chi connectivity index (χ3n) is 14.3. The molecule has 9 aromatic heterocycles. The van der Waals surface area contributed by atoms with Gasteiger partial charge in [-0.3, -0.25) is 29.3 Å². The van der Waals surface area contributed by atoms with Crippen LogP contribution in [0.3, 0.4) is 0 Å². The van der Waals surface area contributed by atoms with E-state index in [-0.39, 0.29) is 162 Å². The molecular formula is C86H77N19O3. The van der Waals surface area contributed by atoms with Gasteiger partial charge in [0, 0.05) is 175 Å². The van der Waals surface area contributed by atoms with Crippen molar-refractivity contribution >= 4 is 69.7 Å². The number of nitrogens with one attached hydrogen (secondary N) is 6. The van der Waals surface area contributed by atoms with Crippen LogP contribution in [0.5, 0.6) is 0 Å². The fourth-order valence-corrected chi connectivity index (χ4v) is 9.36. The molecule has 0 saturated carbocycles. The molecule has 15 aromatic rings. The minimum absolute atomic E-state index is 0.00332. The van der Waals surface area contributed by atoms with Gasteiger partial charge < -0.3 is 45.6 Å². The SMILES string of the molecule is [2H]c1nc([2H])c(-c2ccnc(Nc3c([2H])c(C(=O)Nc4c([2H])c(C)c([2H])c(-n5c([2H])cc(C)c5[2H])c4[2H])c([2H])c([2H])c3C([2H])([2H])[2H])n2)c([2H])c1[2H].[2H]c1nc([2H])c(-c2ccnc(Nc3c([2H])c(C(=O)Nc4c([2H])c(C)c([2H])c(-n5c([2H])cc(C)c5[2H])c4[2H])c([2H])c([2H])c3C)n2)c([2H])c1[2H].[2H]c1nc([2H])c(-c2ccnc(Nc3c([2H])c(C(=O)Nc4c([2H])c(C)c([2H])c(-n5c([2H])nc(C)c5[2H])c4[2H])c([2H])c([2H])c3C)n2)c([2H])c1[2H]. The number of rotatable bonds is 18. The number of hydrogen-bond donors (Lipinski definition) is 6. The topological polar surface area (TPSA) is 267 Å². The molecule has 0 aliphatic heterocycles. The van der Waals surface area contributed by atoms with Gasteiger partial charge in [-0.1, -0.05) is 18.1 Å². The van der Waals surface area contributed by atoms with E-state index in [1.165, 1.54) is 84.3 Å². The number of hydrogen-bond acceptors (Lipinski definition) is 16. The molecule has 15 rings (SSSR count). The van der Waals surface area contributed by atoms with Crippen LogP contribution in [0.25, 0.3) is 50.8 Å². The van der Waals surface area contributed by atoms with E-state index in [0.29, 0.717) is 11.1 Å². The Labute approximate surface area is 680 Å². The zero-order chi connectivity index (χ0) is 109. The lowest BCUT2D eigenvalue weighted by molar-refractivity contribution is 0.101. The van der Waals surface area contributed by atoms with Crippen LogP contribution in [0, 0.1) is 62.2 Å². The highest BCUT2D eigenvalue weighted by Gasteiger charge is 2.17. The Hall–Kier alpha value is -14.4. The molecule has 0 aliphatic carbocycles. The van der Waals surface area contributed by atoms with Crippen molar-refractivity contribution in [3.8, 4) is 50.8 Å². The van der Waals surface area contributed by atoms with Gasteiger partial charge in [-0.25, -0.2) is 34.9 Å². The van der Waals surface area contributed by atoms with Crippen molar-refractivity contribution in [2.24, 2.45) is 0 Å². The van der Waals surface area contributed by atoms with Crippen LogP contribution in [0.1, 0.15) is 135 Å². The van der Waals surface area contributed by atoms with Gasteiger partial charge in [-0.05, 0) is 264 Å². The lowest BCUT2D eigenvalue weighted by atomic mass is 10.1. The molecule has 3 amide bonds.